The number of hydrogen-bond donors (Lipinski definition) is 0. The maximum atomic E-state index is 6.17. The van der Waals surface area contributed by atoms with E-state index in [-0.39, 0.29) is 5.41 Å². The average molecular weight is 419 g/mol. The Morgan fingerprint density at radius 3 is 2.40 bits per heavy atom. The fourth-order valence-corrected chi connectivity index (χ4v) is 4.12. The lowest BCUT2D eigenvalue weighted by Crippen LogP contribution is -2.13. The first-order valence-corrected chi connectivity index (χ1v) is 12.0. The van der Waals surface area contributed by atoms with E-state index in [9.17, 15) is 0 Å². The zero-order valence-corrected chi connectivity index (χ0v) is 20.0. The standard InChI is InChI=1S/C28H34OS/c1-7-20(2)22-10-8-12-24(17-22)29-19-21-14-15-26(27(16-21)28(3,4)5)23-11-9-13-25(18-23)30-6/h8-18,20H,7,19H2,1-6H3/t20-/m0/s1. The van der Waals surface area contributed by atoms with Crippen molar-refractivity contribution < 1.29 is 4.74 Å². The van der Waals surface area contributed by atoms with Gasteiger partial charge < -0.3 is 4.74 Å². The predicted molar refractivity (Wildman–Crippen MR) is 132 cm³/mol. The van der Waals surface area contributed by atoms with E-state index in [0.29, 0.717) is 12.5 Å². The van der Waals surface area contributed by atoms with Gasteiger partial charge in [0.1, 0.15) is 12.4 Å². The van der Waals surface area contributed by atoms with Gasteiger partial charge in [0.2, 0.25) is 0 Å². The normalized spacial score (nSPS) is 12.6. The highest BCUT2D eigenvalue weighted by Gasteiger charge is 2.20. The predicted octanol–water partition coefficient (Wildman–Crippen LogP) is 8.47. The minimum absolute atomic E-state index is 0.0528. The van der Waals surface area contributed by atoms with Crippen LogP contribution < -0.4 is 4.74 Å². The van der Waals surface area contributed by atoms with Crippen molar-refractivity contribution in [2.75, 3.05) is 6.26 Å². The van der Waals surface area contributed by atoms with Crippen molar-refractivity contribution in [3.63, 3.8) is 0 Å². The Balaban J connectivity index is 1.87. The summed E-state index contributed by atoms with van der Waals surface area (Å²) in [5.74, 6) is 1.50. The third kappa shape index (κ3) is 5.49. The van der Waals surface area contributed by atoms with E-state index in [1.165, 1.54) is 32.7 Å². The van der Waals surface area contributed by atoms with Gasteiger partial charge in [-0.05, 0) is 76.1 Å². The molecule has 0 amide bonds. The van der Waals surface area contributed by atoms with Crippen molar-refractivity contribution in [1.82, 2.24) is 0 Å². The summed E-state index contributed by atoms with van der Waals surface area (Å²) in [5.41, 5.74) is 6.54. The highest BCUT2D eigenvalue weighted by atomic mass is 32.2. The van der Waals surface area contributed by atoms with E-state index in [1.54, 1.807) is 11.8 Å². The molecule has 0 aromatic heterocycles. The summed E-state index contributed by atoms with van der Waals surface area (Å²) in [6, 6.07) is 24.1. The van der Waals surface area contributed by atoms with Crippen molar-refractivity contribution in [3.8, 4) is 16.9 Å². The van der Waals surface area contributed by atoms with Crippen LogP contribution in [0.5, 0.6) is 5.75 Å². The summed E-state index contributed by atoms with van der Waals surface area (Å²) < 4.78 is 6.17. The van der Waals surface area contributed by atoms with Crippen molar-refractivity contribution in [2.45, 2.75) is 63.9 Å². The minimum atomic E-state index is 0.0528. The number of benzene rings is 3. The van der Waals surface area contributed by atoms with Gasteiger partial charge in [0, 0.05) is 4.90 Å². The molecule has 0 bridgehead atoms. The fourth-order valence-electron chi connectivity index (χ4n) is 3.66. The maximum absolute atomic E-state index is 6.17. The van der Waals surface area contributed by atoms with Crippen molar-refractivity contribution >= 4 is 11.8 Å². The summed E-state index contributed by atoms with van der Waals surface area (Å²) in [6.07, 6.45) is 3.26. The highest BCUT2D eigenvalue weighted by Crippen LogP contribution is 2.35. The number of rotatable bonds is 7. The monoisotopic (exact) mass is 418 g/mol. The average Bonchev–Trinajstić information content (AvgIpc) is 2.76. The Hall–Kier alpha value is -2.19. The van der Waals surface area contributed by atoms with Gasteiger partial charge in [-0.25, -0.2) is 0 Å². The summed E-state index contributed by atoms with van der Waals surface area (Å²) in [5, 5.41) is 0. The molecule has 3 rings (SSSR count). The third-order valence-electron chi connectivity index (χ3n) is 5.72. The molecule has 0 spiro atoms. The van der Waals surface area contributed by atoms with Gasteiger partial charge in [-0.2, -0.15) is 0 Å². The number of thioether (sulfide) groups is 1. The van der Waals surface area contributed by atoms with E-state index >= 15 is 0 Å². The molecule has 3 aromatic carbocycles. The first kappa shape index (κ1) is 22.5. The van der Waals surface area contributed by atoms with Crippen LogP contribution in [0.2, 0.25) is 0 Å². The number of ether oxygens (including phenoxy) is 1. The first-order chi connectivity index (χ1) is 14.3. The molecule has 0 aliphatic heterocycles. The van der Waals surface area contributed by atoms with Crippen LogP contribution in [0.15, 0.2) is 71.6 Å². The highest BCUT2D eigenvalue weighted by molar-refractivity contribution is 7.98. The quantitative estimate of drug-likeness (QED) is 0.356. The zero-order chi connectivity index (χ0) is 21.7. The molecule has 2 heteroatoms. The fraction of sp³-hybridized carbons (Fsp3) is 0.357. The molecule has 0 N–H and O–H groups in total. The van der Waals surface area contributed by atoms with E-state index < -0.39 is 0 Å². The van der Waals surface area contributed by atoms with E-state index in [1.807, 2.05) is 0 Å². The Morgan fingerprint density at radius 2 is 1.70 bits per heavy atom. The molecule has 1 atom stereocenters. The lowest BCUT2D eigenvalue weighted by molar-refractivity contribution is 0.305. The van der Waals surface area contributed by atoms with E-state index in [4.69, 9.17) is 4.74 Å². The van der Waals surface area contributed by atoms with Gasteiger partial charge in [-0.15, -0.1) is 11.8 Å². The van der Waals surface area contributed by atoms with Crippen molar-refractivity contribution in [2.24, 2.45) is 0 Å². The summed E-state index contributed by atoms with van der Waals surface area (Å²) >= 11 is 1.78. The van der Waals surface area contributed by atoms with Gasteiger partial charge in [-0.3, -0.25) is 0 Å². The third-order valence-corrected chi connectivity index (χ3v) is 6.44. The van der Waals surface area contributed by atoms with Gasteiger partial charge in [0.05, 0.1) is 0 Å². The molecular formula is C28H34OS. The lowest BCUT2D eigenvalue weighted by atomic mass is 9.81. The second-order valence-corrected chi connectivity index (χ2v) is 9.91. The maximum Gasteiger partial charge on any atom is 0.120 e. The molecule has 0 aliphatic rings. The smallest absolute Gasteiger partial charge is 0.120 e. The largest absolute Gasteiger partial charge is 0.489 e. The van der Waals surface area contributed by atoms with Gasteiger partial charge in [0.15, 0.2) is 0 Å². The Bertz CT molecular complexity index is 984. The molecule has 0 heterocycles. The van der Waals surface area contributed by atoms with Crippen LogP contribution in [0, 0.1) is 0 Å². The molecule has 0 saturated heterocycles. The molecule has 0 unspecified atom stereocenters. The molecule has 0 fully saturated rings. The van der Waals surface area contributed by atoms with Gasteiger partial charge in [0.25, 0.3) is 0 Å². The molecule has 158 valence electrons. The second-order valence-electron chi connectivity index (χ2n) is 9.03. The van der Waals surface area contributed by atoms with Gasteiger partial charge in [-0.1, -0.05) is 77.1 Å². The van der Waals surface area contributed by atoms with Crippen LogP contribution in [0.1, 0.15) is 63.6 Å². The Morgan fingerprint density at radius 1 is 0.933 bits per heavy atom. The van der Waals surface area contributed by atoms with E-state index in [0.717, 1.165) is 12.2 Å². The van der Waals surface area contributed by atoms with E-state index in [2.05, 4.69) is 108 Å². The van der Waals surface area contributed by atoms with Crippen LogP contribution in [-0.4, -0.2) is 6.26 Å². The molecule has 30 heavy (non-hydrogen) atoms. The SMILES string of the molecule is CC[C@H](C)c1cccc(OCc2ccc(-c3cccc(SC)c3)c(C(C)(C)C)c2)c1. The first-order valence-electron chi connectivity index (χ1n) is 10.8. The van der Waals surface area contributed by atoms with Crippen LogP contribution >= 0.6 is 11.8 Å². The molecule has 1 nitrogen and oxygen atoms in total. The molecule has 0 radical (unpaired) electrons. The van der Waals surface area contributed by atoms with Crippen molar-refractivity contribution in [1.29, 1.82) is 0 Å². The molecule has 0 saturated carbocycles. The van der Waals surface area contributed by atoms with Crippen LogP contribution in [0.4, 0.5) is 0 Å². The lowest BCUT2D eigenvalue weighted by Gasteiger charge is -2.24. The summed E-state index contributed by atoms with van der Waals surface area (Å²) in [6.45, 7) is 11.9. The van der Waals surface area contributed by atoms with Crippen LogP contribution in [0.25, 0.3) is 11.1 Å². The van der Waals surface area contributed by atoms with Crippen molar-refractivity contribution in [3.05, 3.63) is 83.4 Å². The van der Waals surface area contributed by atoms with Crippen LogP contribution in [-0.2, 0) is 12.0 Å². The molecular weight excluding hydrogens is 384 g/mol. The second kappa shape index (κ2) is 9.75. The Labute approximate surface area is 186 Å². The number of hydrogen-bond acceptors (Lipinski definition) is 2. The molecule has 3 aromatic rings. The van der Waals surface area contributed by atoms with Gasteiger partial charge >= 0.3 is 0 Å². The zero-order valence-electron chi connectivity index (χ0n) is 19.2. The minimum Gasteiger partial charge on any atom is -0.489 e. The van der Waals surface area contributed by atoms with Crippen LogP contribution in [0.3, 0.4) is 0 Å². The Kier molecular flexibility index (Phi) is 7.31. The summed E-state index contributed by atoms with van der Waals surface area (Å²) in [7, 11) is 0. The summed E-state index contributed by atoms with van der Waals surface area (Å²) in [4.78, 5) is 1.29. The molecule has 0 aliphatic carbocycles. The topological polar surface area (TPSA) is 9.23 Å².